The molecule has 88 valence electrons. The van der Waals surface area contributed by atoms with Gasteiger partial charge in [0.1, 0.15) is 0 Å². The summed E-state index contributed by atoms with van der Waals surface area (Å²) in [5.74, 6) is -0.178. The summed E-state index contributed by atoms with van der Waals surface area (Å²) >= 11 is 5.64. The summed E-state index contributed by atoms with van der Waals surface area (Å²) in [6, 6.07) is 4.31. The minimum atomic E-state index is -0.514. The zero-order valence-corrected chi connectivity index (χ0v) is 9.57. The second kappa shape index (κ2) is 4.50. The van der Waals surface area contributed by atoms with Crippen LogP contribution in [-0.2, 0) is 0 Å². The van der Waals surface area contributed by atoms with E-state index in [2.05, 4.69) is 15.0 Å². The van der Waals surface area contributed by atoms with Gasteiger partial charge in [-0.2, -0.15) is 15.0 Å². The van der Waals surface area contributed by atoms with Crippen molar-refractivity contribution >= 4 is 17.5 Å². The Hall–Kier alpha value is -1.95. The quantitative estimate of drug-likeness (QED) is 0.886. The van der Waals surface area contributed by atoms with Gasteiger partial charge in [-0.25, -0.2) is 4.39 Å². The molecule has 1 heterocycles. The molecule has 0 atom stereocenters. The van der Waals surface area contributed by atoms with Crippen LogP contribution < -0.4 is 10.5 Å². The van der Waals surface area contributed by atoms with Crippen molar-refractivity contribution in [2.45, 2.75) is 0 Å². The standard InChI is InChI=1S/C10H8ClFN4O/c1-17-7-3-2-5(4-6(7)12)8-14-9(11)16-10(13)15-8/h2-4H,1H3,(H2,13,14,15,16). The van der Waals surface area contributed by atoms with E-state index >= 15 is 0 Å². The summed E-state index contributed by atoms with van der Waals surface area (Å²) in [5, 5.41) is -0.0382. The maximum atomic E-state index is 13.5. The zero-order chi connectivity index (χ0) is 12.4. The van der Waals surface area contributed by atoms with Gasteiger partial charge in [0.15, 0.2) is 17.4 Å². The summed E-state index contributed by atoms with van der Waals surface area (Å²) < 4.78 is 18.3. The molecule has 1 aromatic heterocycles. The molecular weight excluding hydrogens is 247 g/mol. The molecule has 7 heteroatoms. The second-order valence-corrected chi connectivity index (χ2v) is 3.47. The molecule has 0 saturated heterocycles. The van der Waals surface area contributed by atoms with Crippen LogP contribution >= 0.6 is 11.6 Å². The monoisotopic (exact) mass is 254 g/mol. The van der Waals surface area contributed by atoms with E-state index in [1.165, 1.54) is 19.2 Å². The first-order valence-corrected chi connectivity index (χ1v) is 4.99. The van der Waals surface area contributed by atoms with Crippen molar-refractivity contribution in [2.75, 3.05) is 12.8 Å². The molecular formula is C10H8ClFN4O. The van der Waals surface area contributed by atoms with Crippen LogP contribution in [0, 0.1) is 5.82 Å². The molecule has 0 unspecified atom stereocenters. The number of nitrogen functional groups attached to an aromatic ring is 1. The Kier molecular flexibility index (Phi) is 3.06. The number of hydrogen-bond donors (Lipinski definition) is 1. The summed E-state index contributed by atoms with van der Waals surface area (Å²) in [6.07, 6.45) is 0. The average Bonchev–Trinajstić information content (AvgIpc) is 2.27. The molecule has 0 bridgehead atoms. The van der Waals surface area contributed by atoms with E-state index in [9.17, 15) is 4.39 Å². The highest BCUT2D eigenvalue weighted by Crippen LogP contribution is 2.23. The van der Waals surface area contributed by atoms with Gasteiger partial charge in [-0.15, -0.1) is 0 Å². The van der Waals surface area contributed by atoms with Gasteiger partial charge >= 0.3 is 0 Å². The topological polar surface area (TPSA) is 73.9 Å². The van der Waals surface area contributed by atoms with E-state index in [-0.39, 0.29) is 22.8 Å². The number of methoxy groups -OCH3 is 1. The van der Waals surface area contributed by atoms with Crippen molar-refractivity contribution in [1.82, 2.24) is 15.0 Å². The molecule has 0 amide bonds. The highest BCUT2D eigenvalue weighted by Gasteiger charge is 2.09. The van der Waals surface area contributed by atoms with Gasteiger partial charge in [-0.1, -0.05) is 0 Å². The van der Waals surface area contributed by atoms with E-state index in [4.69, 9.17) is 22.1 Å². The van der Waals surface area contributed by atoms with Gasteiger partial charge in [0.2, 0.25) is 11.2 Å². The fourth-order valence-corrected chi connectivity index (χ4v) is 1.47. The summed E-state index contributed by atoms with van der Waals surface area (Å²) in [6.45, 7) is 0. The Morgan fingerprint density at radius 3 is 2.65 bits per heavy atom. The van der Waals surface area contributed by atoms with Crippen LogP contribution in [0.4, 0.5) is 10.3 Å². The van der Waals surface area contributed by atoms with E-state index in [1.807, 2.05) is 0 Å². The van der Waals surface area contributed by atoms with Crippen molar-refractivity contribution in [2.24, 2.45) is 0 Å². The molecule has 0 fully saturated rings. The normalized spacial score (nSPS) is 10.3. The van der Waals surface area contributed by atoms with Gasteiger partial charge in [-0.3, -0.25) is 0 Å². The number of benzene rings is 1. The second-order valence-electron chi connectivity index (χ2n) is 3.14. The number of hydrogen-bond acceptors (Lipinski definition) is 5. The predicted molar refractivity (Wildman–Crippen MR) is 61.2 cm³/mol. The van der Waals surface area contributed by atoms with E-state index in [1.54, 1.807) is 6.07 Å². The molecule has 0 radical (unpaired) electrons. The fourth-order valence-electron chi connectivity index (χ4n) is 1.30. The lowest BCUT2D eigenvalue weighted by molar-refractivity contribution is 0.386. The lowest BCUT2D eigenvalue weighted by Crippen LogP contribution is -2.00. The molecule has 0 aliphatic heterocycles. The third kappa shape index (κ3) is 2.42. The van der Waals surface area contributed by atoms with Crippen molar-refractivity contribution in [3.8, 4) is 17.1 Å². The number of nitrogens with two attached hydrogens (primary N) is 1. The third-order valence-corrected chi connectivity index (χ3v) is 2.20. The van der Waals surface area contributed by atoms with Gasteiger partial charge in [0, 0.05) is 5.56 Å². The average molecular weight is 255 g/mol. The highest BCUT2D eigenvalue weighted by atomic mass is 35.5. The predicted octanol–water partition coefficient (Wildman–Crippen LogP) is 1.92. The fraction of sp³-hybridized carbons (Fsp3) is 0.100. The Morgan fingerprint density at radius 1 is 1.29 bits per heavy atom. The van der Waals surface area contributed by atoms with Crippen molar-refractivity contribution in [3.63, 3.8) is 0 Å². The Balaban J connectivity index is 2.49. The van der Waals surface area contributed by atoms with Crippen LogP contribution in [0.1, 0.15) is 0 Å². The summed E-state index contributed by atoms with van der Waals surface area (Å²) in [5.41, 5.74) is 5.87. The SMILES string of the molecule is COc1ccc(-c2nc(N)nc(Cl)n2)cc1F. The Labute approximate surface area is 101 Å². The zero-order valence-electron chi connectivity index (χ0n) is 8.82. The molecule has 0 aliphatic rings. The van der Waals surface area contributed by atoms with E-state index in [0.717, 1.165) is 0 Å². The first-order valence-electron chi connectivity index (χ1n) is 4.61. The molecule has 2 rings (SSSR count). The number of nitrogens with zero attached hydrogens (tertiary/aromatic N) is 3. The summed E-state index contributed by atoms with van der Waals surface area (Å²) in [7, 11) is 1.38. The van der Waals surface area contributed by atoms with Crippen LogP contribution in [0.15, 0.2) is 18.2 Å². The van der Waals surface area contributed by atoms with Crippen LogP contribution in [0.5, 0.6) is 5.75 Å². The van der Waals surface area contributed by atoms with Crippen LogP contribution in [0.2, 0.25) is 5.28 Å². The largest absolute Gasteiger partial charge is 0.494 e. The van der Waals surface area contributed by atoms with E-state index in [0.29, 0.717) is 5.56 Å². The molecule has 5 nitrogen and oxygen atoms in total. The van der Waals surface area contributed by atoms with Crippen LogP contribution in [-0.4, -0.2) is 22.1 Å². The van der Waals surface area contributed by atoms with Gasteiger partial charge in [0.05, 0.1) is 7.11 Å². The molecule has 0 aliphatic carbocycles. The van der Waals surface area contributed by atoms with Crippen molar-refractivity contribution in [3.05, 3.63) is 29.3 Å². The van der Waals surface area contributed by atoms with Gasteiger partial charge < -0.3 is 10.5 Å². The minimum Gasteiger partial charge on any atom is -0.494 e. The Morgan fingerprint density at radius 2 is 2.06 bits per heavy atom. The van der Waals surface area contributed by atoms with Crippen molar-refractivity contribution in [1.29, 1.82) is 0 Å². The first-order chi connectivity index (χ1) is 8.10. The Bertz CT molecular complexity index is 544. The highest BCUT2D eigenvalue weighted by molar-refractivity contribution is 6.28. The maximum absolute atomic E-state index is 13.5. The minimum absolute atomic E-state index is 0.0174. The number of rotatable bonds is 2. The molecule has 0 saturated carbocycles. The smallest absolute Gasteiger partial charge is 0.227 e. The maximum Gasteiger partial charge on any atom is 0.227 e. The molecule has 2 aromatic rings. The van der Waals surface area contributed by atoms with Crippen LogP contribution in [0.25, 0.3) is 11.4 Å². The number of aromatic nitrogens is 3. The number of anilines is 1. The van der Waals surface area contributed by atoms with Crippen molar-refractivity contribution < 1.29 is 9.13 Å². The molecule has 1 aromatic carbocycles. The van der Waals surface area contributed by atoms with Gasteiger partial charge in [-0.05, 0) is 29.8 Å². The first kappa shape index (κ1) is 11.5. The number of halogens is 2. The van der Waals surface area contributed by atoms with E-state index < -0.39 is 5.82 Å². The van der Waals surface area contributed by atoms with Crippen LogP contribution in [0.3, 0.4) is 0 Å². The lowest BCUT2D eigenvalue weighted by atomic mass is 10.2. The third-order valence-electron chi connectivity index (χ3n) is 2.04. The number of ether oxygens (including phenoxy) is 1. The summed E-state index contributed by atoms with van der Waals surface area (Å²) in [4.78, 5) is 11.3. The van der Waals surface area contributed by atoms with Gasteiger partial charge in [0.25, 0.3) is 0 Å². The molecule has 0 spiro atoms. The molecule has 2 N–H and O–H groups in total. The molecule has 17 heavy (non-hydrogen) atoms. The lowest BCUT2D eigenvalue weighted by Gasteiger charge is -2.04.